The van der Waals surface area contributed by atoms with Crippen molar-refractivity contribution < 1.29 is 4.79 Å². The minimum atomic E-state index is -0.355. The number of nitrogens with zero attached hydrogens (tertiary/aromatic N) is 4. The lowest BCUT2D eigenvalue weighted by Crippen LogP contribution is -2.45. The van der Waals surface area contributed by atoms with Crippen molar-refractivity contribution in [2.24, 2.45) is 0 Å². The topological polar surface area (TPSA) is 75.4 Å². The number of hydrogen-bond acceptors (Lipinski definition) is 6. The van der Waals surface area contributed by atoms with Crippen molar-refractivity contribution in [1.29, 1.82) is 0 Å². The van der Waals surface area contributed by atoms with E-state index < -0.39 is 0 Å². The number of hydrogen-bond donors (Lipinski definition) is 1. The number of nitrogen functional groups attached to an aromatic ring is 1. The molecule has 7 heteroatoms. The first-order chi connectivity index (χ1) is 9.09. The Bertz CT molecular complexity index is 627. The lowest BCUT2D eigenvalue weighted by molar-refractivity contribution is -0.119. The smallest absolute Gasteiger partial charge is 0.255 e. The van der Waals surface area contributed by atoms with E-state index in [0.29, 0.717) is 11.5 Å². The van der Waals surface area contributed by atoms with Crippen molar-refractivity contribution in [2.75, 3.05) is 29.6 Å². The molecule has 2 aromatic heterocycles. The summed E-state index contributed by atoms with van der Waals surface area (Å²) in [5.74, 6) is 0.886. The molecule has 0 spiro atoms. The lowest BCUT2D eigenvalue weighted by Gasteiger charge is -2.37. The standard InChI is InChI=1S/C12H13N5OS/c1-16-7-6-14-12(13)15-10(7)17(2)9(11(16)18)8-4-3-5-19-8/h3-6,9H,1-2H3,(H2,13,14,15). The average molecular weight is 275 g/mol. The predicted molar refractivity (Wildman–Crippen MR) is 75.3 cm³/mol. The van der Waals surface area contributed by atoms with E-state index in [-0.39, 0.29) is 17.9 Å². The molecule has 0 saturated heterocycles. The molecule has 2 aromatic rings. The third-order valence-electron chi connectivity index (χ3n) is 3.23. The summed E-state index contributed by atoms with van der Waals surface area (Å²) in [5.41, 5.74) is 6.31. The summed E-state index contributed by atoms with van der Waals surface area (Å²) < 4.78 is 0. The van der Waals surface area contributed by atoms with Crippen LogP contribution in [0.3, 0.4) is 0 Å². The highest BCUT2D eigenvalue weighted by molar-refractivity contribution is 7.10. The minimum Gasteiger partial charge on any atom is -0.368 e. The first-order valence-corrected chi connectivity index (χ1v) is 6.64. The van der Waals surface area contributed by atoms with Crippen molar-refractivity contribution in [1.82, 2.24) is 9.97 Å². The van der Waals surface area contributed by atoms with E-state index in [1.807, 2.05) is 29.5 Å². The molecule has 1 aliphatic rings. The molecule has 19 heavy (non-hydrogen) atoms. The normalized spacial score (nSPS) is 18.6. The van der Waals surface area contributed by atoms with Gasteiger partial charge in [0.1, 0.15) is 11.7 Å². The minimum absolute atomic E-state index is 0.00539. The molecule has 0 radical (unpaired) electrons. The van der Waals surface area contributed by atoms with Crippen LogP contribution in [-0.4, -0.2) is 30.0 Å². The first kappa shape index (κ1) is 11.9. The van der Waals surface area contributed by atoms with Gasteiger partial charge in [0, 0.05) is 19.0 Å². The van der Waals surface area contributed by atoms with E-state index in [4.69, 9.17) is 5.73 Å². The van der Waals surface area contributed by atoms with Gasteiger partial charge in [-0.05, 0) is 11.4 Å². The molecule has 0 bridgehead atoms. The van der Waals surface area contributed by atoms with Gasteiger partial charge >= 0.3 is 0 Å². The van der Waals surface area contributed by atoms with Crippen LogP contribution in [-0.2, 0) is 4.79 Å². The van der Waals surface area contributed by atoms with Crippen LogP contribution in [0, 0.1) is 0 Å². The SMILES string of the molecule is CN1C(=O)C(c2cccs2)N(C)c2nc(N)ncc21. The largest absolute Gasteiger partial charge is 0.368 e. The second-order valence-electron chi connectivity index (χ2n) is 4.36. The molecular formula is C12H13N5OS. The number of rotatable bonds is 1. The quantitative estimate of drug-likeness (QED) is 0.848. The molecule has 3 rings (SSSR count). The monoisotopic (exact) mass is 275 g/mol. The summed E-state index contributed by atoms with van der Waals surface area (Å²) in [6.45, 7) is 0. The Morgan fingerprint density at radius 2 is 2.21 bits per heavy atom. The van der Waals surface area contributed by atoms with Gasteiger partial charge in [0.2, 0.25) is 5.95 Å². The maximum absolute atomic E-state index is 12.5. The molecule has 1 aliphatic heterocycles. The molecule has 0 fully saturated rings. The fraction of sp³-hybridized carbons (Fsp3) is 0.250. The second kappa shape index (κ2) is 4.20. The van der Waals surface area contributed by atoms with Crippen LogP contribution in [0.5, 0.6) is 0 Å². The molecule has 98 valence electrons. The number of amides is 1. The summed E-state index contributed by atoms with van der Waals surface area (Å²) in [6, 6.07) is 3.53. The number of thiophene rings is 1. The van der Waals surface area contributed by atoms with Crippen molar-refractivity contribution in [2.45, 2.75) is 6.04 Å². The van der Waals surface area contributed by atoms with Crippen molar-refractivity contribution >= 4 is 34.7 Å². The van der Waals surface area contributed by atoms with Crippen molar-refractivity contribution in [3.63, 3.8) is 0 Å². The van der Waals surface area contributed by atoms with Gasteiger partial charge in [0.05, 0.1) is 6.20 Å². The predicted octanol–water partition coefficient (Wildman–Crippen LogP) is 1.27. The summed E-state index contributed by atoms with van der Waals surface area (Å²) in [6.07, 6.45) is 1.58. The van der Waals surface area contributed by atoms with Crippen LogP contribution in [0.4, 0.5) is 17.5 Å². The van der Waals surface area contributed by atoms with Crippen LogP contribution in [0.1, 0.15) is 10.9 Å². The highest BCUT2D eigenvalue weighted by Gasteiger charge is 2.37. The van der Waals surface area contributed by atoms with Gasteiger partial charge in [-0.25, -0.2) is 4.98 Å². The maximum Gasteiger partial charge on any atom is 0.255 e. The third-order valence-corrected chi connectivity index (χ3v) is 4.15. The highest BCUT2D eigenvalue weighted by Crippen LogP contribution is 2.39. The van der Waals surface area contributed by atoms with E-state index in [1.54, 1.807) is 29.5 Å². The molecule has 1 amide bonds. The summed E-state index contributed by atoms with van der Waals surface area (Å²) in [5, 5.41) is 1.96. The van der Waals surface area contributed by atoms with Gasteiger partial charge in [0.15, 0.2) is 5.82 Å². The van der Waals surface area contributed by atoms with E-state index in [1.165, 1.54) is 0 Å². The fourth-order valence-corrected chi connectivity index (χ4v) is 3.08. The lowest BCUT2D eigenvalue weighted by atomic mass is 10.1. The molecule has 1 atom stereocenters. The molecule has 3 heterocycles. The Morgan fingerprint density at radius 3 is 2.89 bits per heavy atom. The Kier molecular flexibility index (Phi) is 2.63. The number of carbonyl (C=O) groups is 1. The Morgan fingerprint density at radius 1 is 1.42 bits per heavy atom. The van der Waals surface area contributed by atoms with Crippen LogP contribution in [0.2, 0.25) is 0 Å². The van der Waals surface area contributed by atoms with E-state index in [9.17, 15) is 4.79 Å². The van der Waals surface area contributed by atoms with Crippen LogP contribution in [0.15, 0.2) is 23.7 Å². The number of nitrogens with two attached hydrogens (primary N) is 1. The zero-order valence-electron chi connectivity index (χ0n) is 10.6. The Hall–Kier alpha value is -2.15. The maximum atomic E-state index is 12.5. The van der Waals surface area contributed by atoms with Gasteiger partial charge in [-0.3, -0.25) is 4.79 Å². The van der Waals surface area contributed by atoms with E-state index >= 15 is 0 Å². The molecular weight excluding hydrogens is 262 g/mol. The summed E-state index contributed by atoms with van der Waals surface area (Å²) in [4.78, 5) is 25.1. The van der Waals surface area contributed by atoms with Crippen molar-refractivity contribution in [3.8, 4) is 0 Å². The first-order valence-electron chi connectivity index (χ1n) is 5.76. The summed E-state index contributed by atoms with van der Waals surface area (Å²) in [7, 11) is 3.58. The molecule has 1 unspecified atom stereocenters. The second-order valence-corrected chi connectivity index (χ2v) is 5.34. The van der Waals surface area contributed by atoms with Gasteiger partial charge in [0.25, 0.3) is 5.91 Å². The molecule has 0 aliphatic carbocycles. The highest BCUT2D eigenvalue weighted by atomic mass is 32.1. The third kappa shape index (κ3) is 1.74. The van der Waals surface area contributed by atoms with Crippen LogP contribution in [0.25, 0.3) is 0 Å². The molecule has 2 N–H and O–H groups in total. The molecule has 0 aromatic carbocycles. The van der Waals surface area contributed by atoms with Crippen LogP contribution >= 0.6 is 11.3 Å². The Labute approximate surface area is 114 Å². The van der Waals surface area contributed by atoms with Crippen LogP contribution < -0.4 is 15.5 Å². The van der Waals surface area contributed by atoms with Crippen molar-refractivity contribution in [3.05, 3.63) is 28.6 Å². The van der Waals surface area contributed by atoms with Gasteiger partial charge in [-0.15, -0.1) is 11.3 Å². The van der Waals surface area contributed by atoms with E-state index in [2.05, 4.69) is 9.97 Å². The summed E-state index contributed by atoms with van der Waals surface area (Å²) >= 11 is 1.55. The number of likely N-dealkylation sites (N-methyl/N-ethyl adjacent to an activating group) is 2. The molecule has 0 saturated carbocycles. The fourth-order valence-electron chi connectivity index (χ4n) is 2.23. The zero-order valence-corrected chi connectivity index (χ0v) is 11.4. The number of carbonyl (C=O) groups excluding carboxylic acids is 1. The number of aromatic nitrogens is 2. The molecule has 6 nitrogen and oxygen atoms in total. The van der Waals surface area contributed by atoms with Gasteiger partial charge in [-0.1, -0.05) is 6.07 Å². The zero-order chi connectivity index (χ0) is 13.6. The van der Waals surface area contributed by atoms with E-state index in [0.717, 1.165) is 4.88 Å². The Balaban J connectivity index is 2.14. The van der Waals surface area contributed by atoms with Gasteiger partial charge in [-0.2, -0.15) is 4.98 Å². The van der Waals surface area contributed by atoms with Gasteiger partial charge < -0.3 is 15.5 Å². The number of anilines is 3. The average Bonchev–Trinajstić information content (AvgIpc) is 2.90. The number of fused-ring (bicyclic) bond motifs is 1.